The average molecular weight is 280 g/mol. The Morgan fingerprint density at radius 3 is 2.70 bits per heavy atom. The van der Waals surface area contributed by atoms with Crippen LogP contribution in [0.2, 0.25) is 0 Å². The molecule has 4 nitrogen and oxygen atoms in total. The summed E-state index contributed by atoms with van der Waals surface area (Å²) in [5.41, 5.74) is 0.0518. The van der Waals surface area contributed by atoms with E-state index in [0.29, 0.717) is 12.8 Å². The van der Waals surface area contributed by atoms with Crippen LogP contribution in [0.25, 0.3) is 0 Å². The van der Waals surface area contributed by atoms with Crippen LogP contribution in [0.4, 0.5) is 0 Å². The van der Waals surface area contributed by atoms with Gasteiger partial charge in [-0.25, -0.2) is 0 Å². The Balaban J connectivity index is 2.27. The summed E-state index contributed by atoms with van der Waals surface area (Å²) >= 11 is 0. The van der Waals surface area contributed by atoms with Gasteiger partial charge in [0.2, 0.25) is 0 Å². The fourth-order valence-electron chi connectivity index (χ4n) is 2.91. The molecular weight excluding hydrogens is 256 g/mol. The minimum absolute atomic E-state index is 0.293. The molecule has 1 aliphatic heterocycles. The molecule has 0 spiro atoms. The molecule has 0 radical (unpaired) electrons. The highest BCUT2D eigenvalue weighted by Crippen LogP contribution is 2.44. The first-order chi connectivity index (χ1) is 9.28. The molecule has 0 saturated carbocycles. The van der Waals surface area contributed by atoms with E-state index in [9.17, 15) is 5.11 Å². The standard InChI is InChI=1S/C16H24O4/c1-15(2,19-5)10-16(3)9-13(17)12-8-11(18-4)6-7-14(12)20-16/h6-8,13,17H,9-10H2,1-5H3. The van der Waals surface area contributed by atoms with Gasteiger partial charge >= 0.3 is 0 Å². The Morgan fingerprint density at radius 2 is 2.10 bits per heavy atom. The molecule has 1 aromatic rings. The van der Waals surface area contributed by atoms with Crippen LogP contribution in [0, 0.1) is 0 Å². The van der Waals surface area contributed by atoms with Crippen LogP contribution >= 0.6 is 0 Å². The van der Waals surface area contributed by atoms with E-state index in [2.05, 4.69) is 0 Å². The molecular formula is C16H24O4. The Morgan fingerprint density at radius 1 is 1.40 bits per heavy atom. The number of aliphatic hydroxyl groups excluding tert-OH is 1. The molecule has 2 rings (SSSR count). The molecule has 0 amide bonds. The van der Waals surface area contributed by atoms with Gasteiger partial charge < -0.3 is 19.3 Å². The van der Waals surface area contributed by atoms with E-state index in [1.807, 2.05) is 39.0 Å². The van der Waals surface area contributed by atoms with Gasteiger partial charge in [0.05, 0.1) is 18.8 Å². The zero-order valence-corrected chi connectivity index (χ0v) is 12.9. The van der Waals surface area contributed by atoms with Gasteiger partial charge in [-0.05, 0) is 39.0 Å². The number of hydrogen-bond donors (Lipinski definition) is 1. The first-order valence-electron chi connectivity index (χ1n) is 6.89. The highest BCUT2D eigenvalue weighted by molar-refractivity contribution is 5.43. The van der Waals surface area contributed by atoms with Gasteiger partial charge in [-0.15, -0.1) is 0 Å². The van der Waals surface area contributed by atoms with Crippen LogP contribution in [0.1, 0.15) is 45.3 Å². The predicted octanol–water partition coefficient (Wildman–Crippen LogP) is 3.08. The molecule has 112 valence electrons. The monoisotopic (exact) mass is 280 g/mol. The van der Waals surface area contributed by atoms with E-state index in [0.717, 1.165) is 17.1 Å². The molecule has 0 aliphatic carbocycles. The Bertz CT molecular complexity index is 483. The van der Waals surface area contributed by atoms with Crippen LogP contribution in [-0.4, -0.2) is 30.5 Å². The maximum Gasteiger partial charge on any atom is 0.126 e. The summed E-state index contributed by atoms with van der Waals surface area (Å²) in [6.45, 7) is 6.07. The maximum absolute atomic E-state index is 10.4. The van der Waals surface area contributed by atoms with Crippen LogP contribution in [0.5, 0.6) is 11.5 Å². The van der Waals surface area contributed by atoms with Gasteiger partial charge in [-0.3, -0.25) is 0 Å². The van der Waals surface area contributed by atoms with E-state index in [1.165, 1.54) is 0 Å². The lowest BCUT2D eigenvalue weighted by atomic mass is 9.82. The average Bonchev–Trinajstić information content (AvgIpc) is 2.37. The molecule has 2 unspecified atom stereocenters. The molecule has 2 atom stereocenters. The largest absolute Gasteiger partial charge is 0.497 e. The van der Waals surface area contributed by atoms with Crippen molar-refractivity contribution < 1.29 is 19.3 Å². The molecule has 1 aromatic carbocycles. The first kappa shape index (κ1) is 15.1. The molecule has 1 N–H and O–H groups in total. The summed E-state index contributed by atoms with van der Waals surface area (Å²) < 4.78 is 16.8. The fourth-order valence-corrected chi connectivity index (χ4v) is 2.91. The van der Waals surface area contributed by atoms with E-state index in [4.69, 9.17) is 14.2 Å². The van der Waals surface area contributed by atoms with Gasteiger partial charge in [0.25, 0.3) is 0 Å². The van der Waals surface area contributed by atoms with Crippen molar-refractivity contribution in [2.24, 2.45) is 0 Å². The second kappa shape index (κ2) is 5.26. The normalized spacial score (nSPS) is 25.8. The zero-order chi connectivity index (χ0) is 15.0. The minimum atomic E-state index is -0.550. The van der Waals surface area contributed by atoms with Crippen molar-refractivity contribution >= 4 is 0 Å². The van der Waals surface area contributed by atoms with Crippen LogP contribution in [-0.2, 0) is 4.74 Å². The third kappa shape index (κ3) is 3.07. The van der Waals surface area contributed by atoms with Gasteiger partial charge in [-0.1, -0.05) is 0 Å². The zero-order valence-electron chi connectivity index (χ0n) is 12.9. The smallest absolute Gasteiger partial charge is 0.126 e. The van der Waals surface area contributed by atoms with Crippen molar-refractivity contribution in [3.05, 3.63) is 23.8 Å². The van der Waals surface area contributed by atoms with E-state index >= 15 is 0 Å². The van der Waals surface area contributed by atoms with Crippen molar-refractivity contribution in [3.8, 4) is 11.5 Å². The lowest BCUT2D eigenvalue weighted by Gasteiger charge is -2.42. The maximum atomic E-state index is 10.4. The molecule has 0 bridgehead atoms. The number of ether oxygens (including phenoxy) is 3. The third-order valence-corrected chi connectivity index (χ3v) is 3.91. The fraction of sp³-hybridized carbons (Fsp3) is 0.625. The Labute approximate surface area is 120 Å². The van der Waals surface area contributed by atoms with Crippen molar-refractivity contribution in [2.75, 3.05) is 14.2 Å². The van der Waals surface area contributed by atoms with Crippen LogP contribution in [0.3, 0.4) is 0 Å². The SMILES string of the molecule is COc1ccc2c(c1)C(O)CC(C)(CC(C)(C)OC)O2. The number of methoxy groups -OCH3 is 2. The van der Waals surface area contributed by atoms with E-state index in [-0.39, 0.29) is 5.60 Å². The molecule has 4 heteroatoms. The highest BCUT2D eigenvalue weighted by Gasteiger charge is 2.41. The number of benzene rings is 1. The van der Waals surface area contributed by atoms with Crippen molar-refractivity contribution in [3.63, 3.8) is 0 Å². The topological polar surface area (TPSA) is 47.9 Å². The Hall–Kier alpha value is -1.26. The quantitative estimate of drug-likeness (QED) is 0.920. The summed E-state index contributed by atoms with van der Waals surface area (Å²) in [7, 11) is 3.31. The summed E-state index contributed by atoms with van der Waals surface area (Å²) in [4.78, 5) is 0. The predicted molar refractivity (Wildman–Crippen MR) is 77.3 cm³/mol. The molecule has 0 fully saturated rings. The molecule has 0 saturated heterocycles. The lowest BCUT2D eigenvalue weighted by Crippen LogP contribution is -2.44. The van der Waals surface area contributed by atoms with E-state index in [1.54, 1.807) is 14.2 Å². The summed E-state index contributed by atoms with van der Waals surface area (Å²) in [5.74, 6) is 1.45. The number of hydrogen-bond acceptors (Lipinski definition) is 4. The van der Waals surface area contributed by atoms with E-state index < -0.39 is 11.7 Å². The second-order valence-corrected chi connectivity index (χ2v) is 6.32. The Kier molecular flexibility index (Phi) is 3.98. The van der Waals surface area contributed by atoms with Crippen LogP contribution in [0.15, 0.2) is 18.2 Å². The highest BCUT2D eigenvalue weighted by atomic mass is 16.5. The second-order valence-electron chi connectivity index (χ2n) is 6.32. The van der Waals surface area contributed by atoms with Crippen molar-refractivity contribution in [2.45, 2.75) is 50.9 Å². The molecule has 0 aromatic heterocycles. The van der Waals surface area contributed by atoms with Crippen LogP contribution < -0.4 is 9.47 Å². The van der Waals surface area contributed by atoms with Gasteiger partial charge in [-0.2, -0.15) is 0 Å². The summed E-state index contributed by atoms with van der Waals surface area (Å²) in [6, 6.07) is 5.54. The lowest BCUT2D eigenvalue weighted by molar-refractivity contribution is -0.0747. The first-order valence-corrected chi connectivity index (χ1v) is 6.89. The van der Waals surface area contributed by atoms with Gasteiger partial charge in [0.1, 0.15) is 17.1 Å². The number of fused-ring (bicyclic) bond motifs is 1. The molecule has 1 aliphatic rings. The molecule has 20 heavy (non-hydrogen) atoms. The van der Waals surface area contributed by atoms with Crippen molar-refractivity contribution in [1.29, 1.82) is 0 Å². The number of aliphatic hydroxyl groups is 1. The van der Waals surface area contributed by atoms with Gasteiger partial charge in [0.15, 0.2) is 0 Å². The summed E-state index contributed by atoms with van der Waals surface area (Å²) in [6.07, 6.45) is 0.699. The van der Waals surface area contributed by atoms with Gasteiger partial charge in [0, 0.05) is 25.5 Å². The summed E-state index contributed by atoms with van der Waals surface area (Å²) in [5, 5.41) is 10.4. The van der Waals surface area contributed by atoms with Crippen molar-refractivity contribution in [1.82, 2.24) is 0 Å². The third-order valence-electron chi connectivity index (χ3n) is 3.91. The minimum Gasteiger partial charge on any atom is -0.497 e. The number of rotatable bonds is 4. The molecule has 1 heterocycles.